The molecule has 2 unspecified atom stereocenters. The normalized spacial score (nSPS) is 13.6. The Balaban J connectivity index is 2.67. The van der Waals surface area contributed by atoms with E-state index in [9.17, 15) is 14.1 Å². The molecule has 1 aromatic rings. The number of amides is 2. The predicted molar refractivity (Wildman–Crippen MR) is 75.4 cm³/mol. The minimum absolute atomic E-state index is 0.128. The van der Waals surface area contributed by atoms with Crippen LogP contribution in [0.15, 0.2) is 35.2 Å². The smallest absolute Gasteiger partial charge is 0.405 e. The first-order chi connectivity index (χ1) is 9.40. The van der Waals surface area contributed by atoms with Crippen LogP contribution in [0, 0.1) is 5.92 Å². The number of carboxylic acid groups (broad SMARTS) is 1. The van der Waals surface area contributed by atoms with Gasteiger partial charge in [-0.1, -0.05) is 32.0 Å². The highest BCUT2D eigenvalue weighted by atomic mass is 32.2. The van der Waals surface area contributed by atoms with Crippen molar-refractivity contribution in [3.8, 4) is 0 Å². The highest BCUT2D eigenvalue weighted by Gasteiger charge is 2.26. The van der Waals surface area contributed by atoms with Crippen LogP contribution in [0.4, 0.5) is 4.79 Å². The molecule has 7 heteroatoms. The summed E-state index contributed by atoms with van der Waals surface area (Å²) in [6.45, 7) is 3.75. The van der Waals surface area contributed by atoms with Gasteiger partial charge in [-0.25, -0.2) is 4.79 Å². The van der Waals surface area contributed by atoms with E-state index in [0.717, 1.165) is 0 Å². The molecular weight excluding hydrogens is 280 g/mol. The quantitative estimate of drug-likeness (QED) is 0.693. The molecule has 0 saturated heterocycles. The Morgan fingerprint density at radius 3 is 2.40 bits per heavy atom. The minimum Gasteiger partial charge on any atom is -0.588 e. The lowest BCUT2D eigenvalue weighted by molar-refractivity contribution is -0.121. The van der Waals surface area contributed by atoms with Gasteiger partial charge in [-0.3, -0.25) is 4.79 Å². The maximum absolute atomic E-state index is 12.0. The summed E-state index contributed by atoms with van der Waals surface area (Å²) < 4.78 is 14.2. The van der Waals surface area contributed by atoms with Crippen LogP contribution in [-0.2, 0) is 16.2 Å². The highest BCUT2D eigenvalue weighted by Crippen LogP contribution is 2.09. The second kappa shape index (κ2) is 7.76. The molecule has 0 aromatic heterocycles. The maximum Gasteiger partial charge on any atom is 0.405 e. The fraction of sp³-hybridized carbons (Fsp3) is 0.385. The van der Waals surface area contributed by atoms with E-state index in [1.165, 1.54) is 0 Å². The number of nitrogens with one attached hydrogen (secondary N) is 2. The molecule has 0 aliphatic heterocycles. The largest absolute Gasteiger partial charge is 0.588 e. The number of hydrogen-bond acceptors (Lipinski definition) is 3. The zero-order valence-electron chi connectivity index (χ0n) is 11.3. The second-order valence-corrected chi connectivity index (χ2v) is 5.89. The molecule has 2 amide bonds. The van der Waals surface area contributed by atoms with Gasteiger partial charge < -0.3 is 15.0 Å². The molecule has 3 N–H and O–H groups in total. The van der Waals surface area contributed by atoms with Gasteiger partial charge in [0.1, 0.15) is 17.4 Å². The molecule has 1 rings (SSSR count). The zero-order chi connectivity index (χ0) is 15.1. The summed E-state index contributed by atoms with van der Waals surface area (Å²) in [5, 5.41) is 10.9. The van der Waals surface area contributed by atoms with Crippen molar-refractivity contribution < 1.29 is 19.2 Å². The Hall–Kier alpha value is -1.73. The number of rotatable bonds is 6. The average molecular weight is 298 g/mol. The van der Waals surface area contributed by atoms with E-state index < -0.39 is 29.4 Å². The maximum atomic E-state index is 12.0. The summed E-state index contributed by atoms with van der Waals surface area (Å²) in [7, 11) is 0. The Labute approximate surface area is 120 Å². The summed E-state index contributed by atoms with van der Waals surface area (Å²) >= 11 is -1.70. The molecule has 110 valence electrons. The lowest BCUT2D eigenvalue weighted by Crippen LogP contribution is -2.48. The average Bonchev–Trinajstić information content (AvgIpc) is 2.37. The van der Waals surface area contributed by atoms with Gasteiger partial charge in [0.15, 0.2) is 4.90 Å². The van der Waals surface area contributed by atoms with E-state index in [-0.39, 0.29) is 5.92 Å². The van der Waals surface area contributed by atoms with Crippen molar-refractivity contribution in [3.63, 3.8) is 0 Å². The minimum atomic E-state index is -1.70. The van der Waals surface area contributed by atoms with E-state index in [2.05, 4.69) is 10.0 Å². The van der Waals surface area contributed by atoms with Crippen molar-refractivity contribution in [1.82, 2.24) is 10.0 Å². The van der Waals surface area contributed by atoms with Gasteiger partial charge in [-0.15, -0.1) is 0 Å². The van der Waals surface area contributed by atoms with Gasteiger partial charge in [-0.2, -0.15) is 4.72 Å². The first-order valence-electron chi connectivity index (χ1n) is 6.17. The topological polar surface area (TPSA) is 101 Å². The molecule has 0 bridgehead atoms. The molecular formula is C13H18N2O4S. The van der Waals surface area contributed by atoms with Gasteiger partial charge in [0, 0.05) is 0 Å². The summed E-state index contributed by atoms with van der Waals surface area (Å²) in [5.74, 6) is -0.467. The van der Waals surface area contributed by atoms with E-state index >= 15 is 0 Å². The van der Waals surface area contributed by atoms with Crippen LogP contribution in [0.1, 0.15) is 20.3 Å². The Morgan fingerprint density at radius 2 is 1.90 bits per heavy atom. The van der Waals surface area contributed by atoms with Crippen molar-refractivity contribution in [3.05, 3.63) is 30.3 Å². The molecule has 0 radical (unpaired) electrons. The highest BCUT2D eigenvalue weighted by molar-refractivity contribution is 7.90. The van der Waals surface area contributed by atoms with Crippen LogP contribution in [-0.4, -0.2) is 27.7 Å². The lowest BCUT2D eigenvalue weighted by atomic mass is 10.0. The summed E-state index contributed by atoms with van der Waals surface area (Å²) in [5.41, 5.74) is 0. The number of benzene rings is 1. The molecule has 0 fully saturated rings. The third-order valence-electron chi connectivity index (χ3n) is 2.47. The van der Waals surface area contributed by atoms with Crippen molar-refractivity contribution in [1.29, 1.82) is 0 Å². The Bertz CT molecular complexity index is 453. The third kappa shape index (κ3) is 5.50. The van der Waals surface area contributed by atoms with Gasteiger partial charge >= 0.3 is 6.09 Å². The van der Waals surface area contributed by atoms with E-state index in [1.807, 2.05) is 13.8 Å². The zero-order valence-corrected chi connectivity index (χ0v) is 12.1. The van der Waals surface area contributed by atoms with Crippen LogP contribution in [0.5, 0.6) is 0 Å². The number of carbonyl (C=O) groups is 2. The fourth-order valence-corrected chi connectivity index (χ4v) is 2.46. The first-order valence-corrected chi connectivity index (χ1v) is 7.32. The molecule has 2 atom stereocenters. The van der Waals surface area contributed by atoms with Crippen molar-refractivity contribution in [2.45, 2.75) is 31.2 Å². The lowest BCUT2D eigenvalue weighted by Gasteiger charge is -2.19. The molecule has 0 spiro atoms. The SMILES string of the molecule is CC(C)CC(NC(=O)O)C(=O)N[S+]([O-])c1ccccc1. The van der Waals surface area contributed by atoms with Crippen LogP contribution in [0.2, 0.25) is 0 Å². The molecule has 6 nitrogen and oxygen atoms in total. The van der Waals surface area contributed by atoms with Crippen LogP contribution in [0.3, 0.4) is 0 Å². The number of hydrogen-bond donors (Lipinski definition) is 3. The monoisotopic (exact) mass is 298 g/mol. The summed E-state index contributed by atoms with van der Waals surface area (Å²) in [6, 6.07) is 7.52. The predicted octanol–water partition coefficient (Wildman–Crippen LogP) is 1.51. The second-order valence-electron chi connectivity index (χ2n) is 4.68. The molecule has 0 heterocycles. The molecule has 20 heavy (non-hydrogen) atoms. The molecule has 0 aliphatic carbocycles. The van der Waals surface area contributed by atoms with E-state index in [1.54, 1.807) is 30.3 Å². The van der Waals surface area contributed by atoms with Crippen LogP contribution < -0.4 is 10.0 Å². The van der Waals surface area contributed by atoms with Crippen molar-refractivity contribution >= 4 is 23.4 Å². The molecule has 0 saturated carbocycles. The Kier molecular flexibility index (Phi) is 6.33. The van der Waals surface area contributed by atoms with Crippen molar-refractivity contribution in [2.24, 2.45) is 5.92 Å². The van der Waals surface area contributed by atoms with Crippen molar-refractivity contribution in [2.75, 3.05) is 0 Å². The van der Waals surface area contributed by atoms with Gasteiger partial charge in [-0.05, 0) is 24.5 Å². The standard InChI is InChI=1S/C13H18N2O4S/c1-9(2)8-11(14-13(17)18)12(16)15-20(19)10-6-4-3-5-7-10/h3-7,9,11,14H,8H2,1-2H3,(H,15,16)(H,17,18). The van der Waals surface area contributed by atoms with Gasteiger partial charge in [0.05, 0.1) is 0 Å². The van der Waals surface area contributed by atoms with Gasteiger partial charge in [0.2, 0.25) is 0 Å². The molecule has 0 aliphatic rings. The third-order valence-corrected chi connectivity index (χ3v) is 3.56. The summed E-state index contributed by atoms with van der Waals surface area (Å²) in [6.07, 6.45) is -0.944. The van der Waals surface area contributed by atoms with E-state index in [4.69, 9.17) is 5.11 Å². The first kappa shape index (κ1) is 16.3. The Morgan fingerprint density at radius 1 is 1.30 bits per heavy atom. The van der Waals surface area contributed by atoms with Gasteiger partial charge in [0.25, 0.3) is 5.91 Å². The molecule has 1 aromatic carbocycles. The van der Waals surface area contributed by atoms with E-state index in [0.29, 0.717) is 11.3 Å². The van der Waals surface area contributed by atoms with Crippen LogP contribution in [0.25, 0.3) is 0 Å². The fourth-order valence-electron chi connectivity index (χ4n) is 1.62. The summed E-state index contributed by atoms with van der Waals surface area (Å²) in [4.78, 5) is 23.1. The number of carbonyl (C=O) groups excluding carboxylic acids is 1. The van der Waals surface area contributed by atoms with Crippen LogP contribution >= 0.6 is 0 Å².